The van der Waals surface area contributed by atoms with Gasteiger partial charge in [-0.15, -0.1) is 0 Å². The fourth-order valence-corrected chi connectivity index (χ4v) is 1.36. The van der Waals surface area contributed by atoms with Crippen molar-refractivity contribution >= 4 is 17.1 Å². The Morgan fingerprint density at radius 1 is 1.35 bits per heavy atom. The maximum atomic E-state index is 5.53. The summed E-state index contributed by atoms with van der Waals surface area (Å²) in [6.45, 7) is 3.60. The van der Waals surface area contributed by atoms with Gasteiger partial charge < -0.3 is 19.8 Å². The fraction of sp³-hybridized carbons (Fsp3) is 0.500. The van der Waals surface area contributed by atoms with Gasteiger partial charge in [-0.3, -0.25) is 0 Å². The van der Waals surface area contributed by atoms with Gasteiger partial charge in [0.15, 0.2) is 5.65 Å². The molecule has 17 heavy (non-hydrogen) atoms. The Morgan fingerprint density at radius 3 is 3.00 bits per heavy atom. The van der Waals surface area contributed by atoms with E-state index in [1.165, 1.54) is 0 Å². The van der Waals surface area contributed by atoms with Crippen molar-refractivity contribution in [3.05, 3.63) is 6.33 Å². The van der Waals surface area contributed by atoms with Gasteiger partial charge in [0, 0.05) is 13.7 Å². The van der Waals surface area contributed by atoms with E-state index in [4.69, 9.17) is 9.47 Å². The van der Waals surface area contributed by atoms with Crippen molar-refractivity contribution in [2.24, 2.45) is 0 Å². The topological polar surface area (TPSA) is 84.9 Å². The highest BCUT2D eigenvalue weighted by molar-refractivity contribution is 5.76. The van der Waals surface area contributed by atoms with Gasteiger partial charge in [0.2, 0.25) is 11.8 Å². The fourth-order valence-electron chi connectivity index (χ4n) is 1.36. The maximum Gasteiger partial charge on any atom is 0.245 e. The van der Waals surface area contributed by atoms with Gasteiger partial charge in [-0.2, -0.15) is 9.97 Å². The number of aromatic nitrogens is 4. The largest absolute Gasteiger partial charge is 0.474 e. The van der Waals surface area contributed by atoms with E-state index in [0.29, 0.717) is 42.8 Å². The molecule has 0 aliphatic carbocycles. The number of hydrogen-bond donors (Lipinski definition) is 2. The van der Waals surface area contributed by atoms with Gasteiger partial charge in [0.05, 0.1) is 12.9 Å². The molecule has 0 bridgehead atoms. The molecule has 0 aliphatic rings. The summed E-state index contributed by atoms with van der Waals surface area (Å²) in [7, 11) is 1.75. The van der Waals surface area contributed by atoms with Crippen LogP contribution < -0.4 is 10.1 Å². The summed E-state index contributed by atoms with van der Waals surface area (Å²) in [5.41, 5.74) is 1.27. The van der Waals surface area contributed by atoms with Crippen molar-refractivity contribution in [3.8, 4) is 5.88 Å². The zero-order chi connectivity index (χ0) is 12.1. The first-order valence-electron chi connectivity index (χ1n) is 5.44. The highest BCUT2D eigenvalue weighted by Gasteiger charge is 2.10. The normalized spacial score (nSPS) is 10.7. The minimum Gasteiger partial charge on any atom is -0.474 e. The zero-order valence-corrected chi connectivity index (χ0v) is 9.86. The Balaban J connectivity index is 2.16. The lowest BCUT2D eigenvalue weighted by atomic mass is 10.5. The minimum absolute atomic E-state index is 0.447. The third-order valence-electron chi connectivity index (χ3n) is 2.15. The lowest BCUT2D eigenvalue weighted by Gasteiger charge is -2.07. The Hall–Kier alpha value is -1.89. The molecule has 0 spiro atoms. The van der Waals surface area contributed by atoms with Gasteiger partial charge >= 0.3 is 0 Å². The summed E-state index contributed by atoms with van der Waals surface area (Å²) in [6.07, 6.45) is 1.56. The molecule has 0 aliphatic heterocycles. The number of ether oxygens (including phenoxy) is 2. The molecule has 0 saturated heterocycles. The molecule has 2 heterocycles. The molecular weight excluding hydrogens is 222 g/mol. The summed E-state index contributed by atoms with van der Waals surface area (Å²) in [4.78, 5) is 15.4. The Kier molecular flexibility index (Phi) is 3.71. The van der Waals surface area contributed by atoms with Gasteiger partial charge in [-0.05, 0) is 6.92 Å². The number of anilines is 1. The molecule has 92 valence electrons. The molecule has 0 unspecified atom stereocenters. The lowest BCUT2D eigenvalue weighted by molar-refractivity contribution is 0.109. The first-order valence-corrected chi connectivity index (χ1v) is 5.44. The number of imidazole rings is 1. The summed E-state index contributed by atoms with van der Waals surface area (Å²) in [5.74, 6) is 0.965. The van der Waals surface area contributed by atoms with Crippen molar-refractivity contribution in [1.82, 2.24) is 19.9 Å². The van der Waals surface area contributed by atoms with Crippen LogP contribution in [0.5, 0.6) is 5.88 Å². The van der Waals surface area contributed by atoms with E-state index >= 15 is 0 Å². The third kappa shape index (κ3) is 2.62. The van der Waals surface area contributed by atoms with Crippen LogP contribution in [0.1, 0.15) is 6.92 Å². The number of aromatic amines is 1. The van der Waals surface area contributed by atoms with Crippen LogP contribution in [-0.4, -0.2) is 46.8 Å². The first-order chi connectivity index (χ1) is 8.35. The number of nitrogens with zero attached hydrogens (tertiary/aromatic N) is 3. The van der Waals surface area contributed by atoms with Crippen molar-refractivity contribution < 1.29 is 9.47 Å². The zero-order valence-electron chi connectivity index (χ0n) is 9.86. The number of hydrogen-bond acceptors (Lipinski definition) is 6. The second-order valence-electron chi connectivity index (χ2n) is 3.25. The molecule has 0 aromatic carbocycles. The Labute approximate surface area is 98.6 Å². The molecule has 0 radical (unpaired) electrons. The Bertz CT molecular complexity index is 485. The molecule has 2 rings (SSSR count). The van der Waals surface area contributed by atoms with E-state index < -0.39 is 0 Å². The number of H-pyrrole nitrogens is 1. The van der Waals surface area contributed by atoms with Crippen LogP contribution in [0.3, 0.4) is 0 Å². The van der Waals surface area contributed by atoms with E-state index in [1.807, 2.05) is 6.92 Å². The summed E-state index contributed by atoms with van der Waals surface area (Å²) < 4.78 is 10.7. The van der Waals surface area contributed by atoms with Gasteiger partial charge in [0.25, 0.3) is 0 Å². The monoisotopic (exact) mass is 237 g/mol. The highest BCUT2D eigenvalue weighted by Crippen LogP contribution is 2.20. The van der Waals surface area contributed by atoms with Crippen molar-refractivity contribution in [3.63, 3.8) is 0 Å². The van der Waals surface area contributed by atoms with Crippen LogP contribution in [0.2, 0.25) is 0 Å². The lowest BCUT2D eigenvalue weighted by Crippen LogP contribution is -2.08. The molecule has 0 atom stereocenters. The molecule has 7 nitrogen and oxygen atoms in total. The SMILES string of the molecule is CCOCCOc1nc(NC)nc2nc[nH]c12. The highest BCUT2D eigenvalue weighted by atomic mass is 16.5. The maximum absolute atomic E-state index is 5.53. The van der Waals surface area contributed by atoms with Crippen LogP contribution in [0.4, 0.5) is 5.95 Å². The molecule has 2 N–H and O–H groups in total. The number of fused-ring (bicyclic) bond motifs is 1. The third-order valence-corrected chi connectivity index (χ3v) is 2.15. The quantitative estimate of drug-likeness (QED) is 0.723. The molecule has 0 amide bonds. The minimum atomic E-state index is 0.447. The van der Waals surface area contributed by atoms with Crippen LogP contribution in [0.25, 0.3) is 11.2 Å². The molecule has 7 heteroatoms. The number of rotatable bonds is 6. The predicted molar refractivity (Wildman–Crippen MR) is 63.2 cm³/mol. The molecule has 0 fully saturated rings. The summed E-state index contributed by atoms with van der Waals surface area (Å²) in [6, 6.07) is 0. The molecule has 2 aromatic rings. The van der Waals surface area contributed by atoms with Gasteiger partial charge in [-0.25, -0.2) is 4.98 Å². The van der Waals surface area contributed by atoms with Crippen molar-refractivity contribution in [2.45, 2.75) is 6.92 Å². The van der Waals surface area contributed by atoms with E-state index in [1.54, 1.807) is 13.4 Å². The standard InChI is InChI=1S/C10H15N5O2/c1-3-16-4-5-17-9-7-8(13-6-12-7)14-10(11-2)15-9/h6H,3-5H2,1-2H3,(H2,11,12,13,14,15). The summed E-state index contributed by atoms with van der Waals surface area (Å²) in [5, 5.41) is 2.86. The van der Waals surface area contributed by atoms with E-state index in [-0.39, 0.29) is 0 Å². The van der Waals surface area contributed by atoms with E-state index in [2.05, 4.69) is 25.3 Å². The first kappa shape index (κ1) is 11.6. The van der Waals surface area contributed by atoms with Crippen molar-refractivity contribution in [2.75, 3.05) is 32.2 Å². The molecule has 0 saturated carbocycles. The second kappa shape index (κ2) is 5.44. The van der Waals surface area contributed by atoms with Crippen LogP contribution in [-0.2, 0) is 4.74 Å². The predicted octanol–water partition coefficient (Wildman–Crippen LogP) is 0.810. The van der Waals surface area contributed by atoms with Crippen LogP contribution in [0, 0.1) is 0 Å². The molecular formula is C10H15N5O2. The summed E-state index contributed by atoms with van der Waals surface area (Å²) >= 11 is 0. The average Bonchev–Trinajstić information content (AvgIpc) is 2.82. The smallest absolute Gasteiger partial charge is 0.245 e. The van der Waals surface area contributed by atoms with E-state index in [9.17, 15) is 0 Å². The van der Waals surface area contributed by atoms with Crippen LogP contribution >= 0.6 is 0 Å². The van der Waals surface area contributed by atoms with E-state index in [0.717, 1.165) is 0 Å². The Morgan fingerprint density at radius 2 is 2.24 bits per heavy atom. The second-order valence-corrected chi connectivity index (χ2v) is 3.25. The van der Waals surface area contributed by atoms with Crippen molar-refractivity contribution in [1.29, 1.82) is 0 Å². The van der Waals surface area contributed by atoms with Gasteiger partial charge in [0.1, 0.15) is 12.1 Å². The molecule has 2 aromatic heterocycles. The van der Waals surface area contributed by atoms with Crippen LogP contribution in [0.15, 0.2) is 6.33 Å². The number of nitrogens with one attached hydrogen (secondary N) is 2. The average molecular weight is 237 g/mol. The van der Waals surface area contributed by atoms with Gasteiger partial charge in [-0.1, -0.05) is 0 Å².